The van der Waals surface area contributed by atoms with E-state index in [0.717, 1.165) is 6.07 Å². The van der Waals surface area contributed by atoms with Gasteiger partial charge in [0.05, 0.1) is 18.4 Å². The highest BCUT2D eigenvalue weighted by Crippen LogP contribution is 2.21. The Kier molecular flexibility index (Phi) is 4.90. The van der Waals surface area contributed by atoms with Gasteiger partial charge in [0.25, 0.3) is 0 Å². The first-order valence-corrected chi connectivity index (χ1v) is 5.56. The SMILES string of the molecule is COC(=O)C(C)NC(=O)Nc1ccc(O)cc1C(=O)O. The Hall–Kier alpha value is -2.77. The number of urea groups is 1. The van der Waals surface area contributed by atoms with Crippen molar-refractivity contribution >= 4 is 23.7 Å². The number of hydrogen-bond donors (Lipinski definition) is 4. The monoisotopic (exact) mass is 282 g/mol. The summed E-state index contributed by atoms with van der Waals surface area (Å²) in [4.78, 5) is 33.7. The summed E-state index contributed by atoms with van der Waals surface area (Å²) in [5.41, 5.74) is -0.282. The lowest BCUT2D eigenvalue weighted by molar-refractivity contribution is -0.142. The first-order valence-electron chi connectivity index (χ1n) is 5.56. The van der Waals surface area contributed by atoms with Gasteiger partial charge in [0, 0.05) is 0 Å². The first kappa shape index (κ1) is 15.3. The van der Waals surface area contributed by atoms with E-state index in [1.165, 1.54) is 26.2 Å². The third-order valence-electron chi connectivity index (χ3n) is 2.38. The molecule has 8 heteroatoms. The molecule has 1 aromatic carbocycles. The molecule has 2 amide bonds. The van der Waals surface area contributed by atoms with Crippen molar-refractivity contribution in [2.24, 2.45) is 0 Å². The first-order chi connectivity index (χ1) is 9.35. The van der Waals surface area contributed by atoms with Crippen molar-refractivity contribution in [1.82, 2.24) is 5.32 Å². The van der Waals surface area contributed by atoms with E-state index >= 15 is 0 Å². The number of rotatable bonds is 4. The van der Waals surface area contributed by atoms with E-state index in [1.54, 1.807) is 0 Å². The highest BCUT2D eigenvalue weighted by molar-refractivity contribution is 6.01. The average Bonchev–Trinajstić information content (AvgIpc) is 2.39. The number of aromatic hydroxyl groups is 1. The van der Waals surface area contributed by atoms with Crippen molar-refractivity contribution < 1.29 is 29.3 Å². The van der Waals surface area contributed by atoms with Gasteiger partial charge in [-0.25, -0.2) is 14.4 Å². The maximum absolute atomic E-state index is 11.6. The van der Waals surface area contributed by atoms with Crippen LogP contribution in [0.1, 0.15) is 17.3 Å². The molecule has 1 unspecified atom stereocenters. The molecule has 0 fully saturated rings. The van der Waals surface area contributed by atoms with Gasteiger partial charge in [-0.1, -0.05) is 0 Å². The number of hydrogen-bond acceptors (Lipinski definition) is 5. The lowest BCUT2D eigenvalue weighted by Gasteiger charge is -2.13. The van der Waals surface area contributed by atoms with Crippen LogP contribution in [0.25, 0.3) is 0 Å². The molecule has 0 aliphatic carbocycles. The van der Waals surface area contributed by atoms with Crippen LogP contribution in [0.5, 0.6) is 5.75 Å². The van der Waals surface area contributed by atoms with Gasteiger partial charge in [-0.3, -0.25) is 0 Å². The van der Waals surface area contributed by atoms with Crippen LogP contribution >= 0.6 is 0 Å². The highest BCUT2D eigenvalue weighted by atomic mass is 16.5. The summed E-state index contributed by atoms with van der Waals surface area (Å²) in [5.74, 6) is -2.18. The molecule has 1 aromatic rings. The number of carboxylic acids is 1. The second-order valence-corrected chi connectivity index (χ2v) is 3.88. The van der Waals surface area contributed by atoms with Crippen molar-refractivity contribution in [2.45, 2.75) is 13.0 Å². The Labute approximate surface area is 114 Å². The number of nitrogens with one attached hydrogen (secondary N) is 2. The van der Waals surface area contributed by atoms with E-state index in [1.807, 2.05) is 0 Å². The molecule has 0 saturated carbocycles. The molecule has 0 aliphatic rings. The summed E-state index contributed by atoms with van der Waals surface area (Å²) < 4.78 is 4.43. The third kappa shape index (κ3) is 3.87. The van der Waals surface area contributed by atoms with Crippen molar-refractivity contribution in [1.29, 1.82) is 0 Å². The van der Waals surface area contributed by atoms with Crippen LogP contribution < -0.4 is 10.6 Å². The molecular formula is C12H14N2O6. The van der Waals surface area contributed by atoms with Crippen LogP contribution in [-0.2, 0) is 9.53 Å². The maximum Gasteiger partial charge on any atom is 0.337 e. The molecule has 1 atom stereocenters. The van der Waals surface area contributed by atoms with Crippen molar-refractivity contribution in [2.75, 3.05) is 12.4 Å². The topological polar surface area (TPSA) is 125 Å². The summed E-state index contributed by atoms with van der Waals surface area (Å²) >= 11 is 0. The number of amides is 2. The minimum absolute atomic E-state index is 0.00938. The smallest absolute Gasteiger partial charge is 0.337 e. The van der Waals surface area contributed by atoms with E-state index in [2.05, 4.69) is 15.4 Å². The van der Waals surface area contributed by atoms with Crippen LogP contribution in [0.4, 0.5) is 10.5 Å². The average molecular weight is 282 g/mol. The van der Waals surface area contributed by atoms with E-state index in [9.17, 15) is 19.5 Å². The minimum atomic E-state index is -1.31. The van der Waals surface area contributed by atoms with Crippen LogP contribution in [-0.4, -0.2) is 41.3 Å². The van der Waals surface area contributed by atoms with Crippen LogP contribution in [0.15, 0.2) is 18.2 Å². The molecule has 108 valence electrons. The number of carbonyl (C=O) groups excluding carboxylic acids is 2. The fourth-order valence-corrected chi connectivity index (χ4v) is 1.41. The normalized spacial score (nSPS) is 11.3. The number of methoxy groups -OCH3 is 1. The summed E-state index contributed by atoms with van der Waals surface area (Å²) in [5, 5.41) is 22.7. The lowest BCUT2D eigenvalue weighted by atomic mass is 10.1. The van der Waals surface area contributed by atoms with E-state index < -0.39 is 24.0 Å². The largest absolute Gasteiger partial charge is 0.508 e. The second kappa shape index (κ2) is 6.41. The van der Waals surface area contributed by atoms with Crippen molar-refractivity contribution in [3.8, 4) is 5.75 Å². The standard InChI is InChI=1S/C12H14N2O6/c1-6(11(18)20-2)13-12(19)14-9-4-3-7(15)5-8(9)10(16)17/h3-6,15H,1-2H3,(H,16,17)(H2,13,14,19). The van der Waals surface area contributed by atoms with E-state index in [-0.39, 0.29) is 17.0 Å². The third-order valence-corrected chi connectivity index (χ3v) is 2.38. The summed E-state index contributed by atoms with van der Waals surface area (Å²) in [7, 11) is 1.18. The minimum Gasteiger partial charge on any atom is -0.508 e. The van der Waals surface area contributed by atoms with Crippen LogP contribution in [0, 0.1) is 0 Å². The van der Waals surface area contributed by atoms with Crippen LogP contribution in [0.3, 0.4) is 0 Å². The van der Waals surface area contributed by atoms with Gasteiger partial charge < -0.3 is 25.6 Å². The molecule has 8 nitrogen and oxygen atoms in total. The number of phenols is 1. The fourth-order valence-electron chi connectivity index (χ4n) is 1.41. The predicted molar refractivity (Wildman–Crippen MR) is 68.7 cm³/mol. The molecule has 0 radical (unpaired) electrons. The molecule has 20 heavy (non-hydrogen) atoms. The predicted octanol–water partition coefficient (Wildman–Crippen LogP) is 0.773. The number of carbonyl (C=O) groups is 3. The second-order valence-electron chi connectivity index (χ2n) is 3.88. The zero-order valence-corrected chi connectivity index (χ0v) is 10.8. The van der Waals surface area contributed by atoms with Gasteiger partial charge in [0.15, 0.2) is 0 Å². The molecule has 0 aliphatic heterocycles. The number of anilines is 1. The molecular weight excluding hydrogens is 268 g/mol. The summed E-state index contributed by atoms with van der Waals surface area (Å²) in [6, 6.07) is 1.82. The quantitative estimate of drug-likeness (QED) is 0.477. The number of esters is 1. The molecule has 0 bridgehead atoms. The Morgan fingerprint density at radius 3 is 2.50 bits per heavy atom. The molecule has 4 N–H and O–H groups in total. The Morgan fingerprint density at radius 2 is 1.95 bits per heavy atom. The Bertz CT molecular complexity index is 543. The fraction of sp³-hybridized carbons (Fsp3) is 0.250. The lowest BCUT2D eigenvalue weighted by Crippen LogP contribution is -2.41. The van der Waals surface area contributed by atoms with Gasteiger partial charge in [-0.2, -0.15) is 0 Å². The zero-order chi connectivity index (χ0) is 15.3. The van der Waals surface area contributed by atoms with Crippen molar-refractivity contribution in [3.05, 3.63) is 23.8 Å². The molecule has 0 saturated heterocycles. The van der Waals surface area contributed by atoms with Gasteiger partial charge >= 0.3 is 18.0 Å². The Morgan fingerprint density at radius 1 is 1.30 bits per heavy atom. The molecule has 0 heterocycles. The van der Waals surface area contributed by atoms with Gasteiger partial charge in [-0.05, 0) is 25.1 Å². The number of phenolic OH excluding ortho intramolecular Hbond substituents is 1. The van der Waals surface area contributed by atoms with Gasteiger partial charge in [0.1, 0.15) is 11.8 Å². The van der Waals surface area contributed by atoms with Crippen LogP contribution in [0.2, 0.25) is 0 Å². The van der Waals surface area contributed by atoms with Gasteiger partial charge in [0.2, 0.25) is 0 Å². The Balaban J connectivity index is 2.81. The number of carboxylic acid groups (broad SMARTS) is 1. The van der Waals surface area contributed by atoms with E-state index in [4.69, 9.17) is 5.11 Å². The molecule has 0 aromatic heterocycles. The van der Waals surface area contributed by atoms with Crippen molar-refractivity contribution in [3.63, 3.8) is 0 Å². The highest BCUT2D eigenvalue weighted by Gasteiger charge is 2.18. The summed E-state index contributed by atoms with van der Waals surface area (Å²) in [6.07, 6.45) is 0. The maximum atomic E-state index is 11.6. The summed E-state index contributed by atoms with van der Waals surface area (Å²) in [6.45, 7) is 1.42. The van der Waals surface area contributed by atoms with Gasteiger partial charge in [-0.15, -0.1) is 0 Å². The number of aromatic carboxylic acids is 1. The molecule has 0 spiro atoms. The zero-order valence-electron chi connectivity index (χ0n) is 10.8. The number of benzene rings is 1. The number of ether oxygens (including phenoxy) is 1. The molecule has 1 rings (SSSR count). The van der Waals surface area contributed by atoms with E-state index in [0.29, 0.717) is 0 Å².